The van der Waals surface area contributed by atoms with Crippen molar-refractivity contribution in [1.82, 2.24) is 0 Å². The lowest BCUT2D eigenvalue weighted by Gasteiger charge is -2.13. The third-order valence-corrected chi connectivity index (χ3v) is 3.25. The lowest BCUT2D eigenvalue weighted by Crippen LogP contribution is -2.24. The number of carbonyl (C=O) groups is 1. The van der Waals surface area contributed by atoms with E-state index in [-0.39, 0.29) is 16.5 Å². The number of methoxy groups -OCH3 is 1. The van der Waals surface area contributed by atoms with Crippen LogP contribution in [0.1, 0.15) is 6.92 Å². The highest BCUT2D eigenvalue weighted by atomic mass is 35.5. The zero-order valence-corrected chi connectivity index (χ0v) is 13.6. The molecule has 2 aromatic rings. The van der Waals surface area contributed by atoms with Crippen LogP contribution in [0.25, 0.3) is 0 Å². The van der Waals surface area contributed by atoms with Gasteiger partial charge in [0.25, 0.3) is 0 Å². The second-order valence-corrected chi connectivity index (χ2v) is 5.16. The molecule has 0 saturated heterocycles. The van der Waals surface area contributed by atoms with E-state index < -0.39 is 17.0 Å². The molecule has 2 rings (SSSR count). The van der Waals surface area contributed by atoms with Crippen LogP contribution < -0.4 is 9.47 Å². The second-order valence-electron chi connectivity index (χ2n) is 4.73. The Hall–Kier alpha value is -2.80. The number of carbonyl (C=O) groups excluding carboxylic acids is 1. The molecule has 7 nitrogen and oxygen atoms in total. The summed E-state index contributed by atoms with van der Waals surface area (Å²) in [6, 6.07) is 10.4. The fourth-order valence-corrected chi connectivity index (χ4v) is 2.02. The van der Waals surface area contributed by atoms with Crippen molar-refractivity contribution < 1.29 is 23.9 Å². The Morgan fingerprint density at radius 2 is 1.79 bits per heavy atom. The minimum Gasteiger partial charge on any atom is -0.479 e. The van der Waals surface area contributed by atoms with Crippen molar-refractivity contribution in [1.29, 1.82) is 0 Å². The molecule has 24 heavy (non-hydrogen) atoms. The predicted octanol–water partition coefficient (Wildman–Crippen LogP) is 3.98. The summed E-state index contributed by atoms with van der Waals surface area (Å²) in [5.41, 5.74) is -0.234. The lowest BCUT2D eigenvalue weighted by molar-refractivity contribution is -0.385. The molecule has 126 valence electrons. The van der Waals surface area contributed by atoms with Crippen molar-refractivity contribution in [2.75, 3.05) is 7.11 Å². The minimum atomic E-state index is -0.751. The average molecular weight is 352 g/mol. The summed E-state index contributed by atoms with van der Waals surface area (Å²) in [5.74, 6) is 0.387. The van der Waals surface area contributed by atoms with Crippen molar-refractivity contribution in [2.45, 2.75) is 13.0 Å². The van der Waals surface area contributed by atoms with Crippen LogP contribution in [0.2, 0.25) is 5.02 Å². The quantitative estimate of drug-likeness (QED) is 0.444. The molecule has 0 spiro atoms. The van der Waals surface area contributed by atoms with Gasteiger partial charge < -0.3 is 14.2 Å². The molecular weight excluding hydrogens is 338 g/mol. The Labute approximate surface area is 142 Å². The van der Waals surface area contributed by atoms with Gasteiger partial charge in [-0.25, -0.2) is 4.79 Å². The molecule has 0 saturated carbocycles. The van der Waals surface area contributed by atoms with E-state index >= 15 is 0 Å². The van der Waals surface area contributed by atoms with Gasteiger partial charge in [0.2, 0.25) is 5.75 Å². The monoisotopic (exact) mass is 351 g/mol. The highest BCUT2D eigenvalue weighted by Crippen LogP contribution is 2.34. The Morgan fingerprint density at radius 3 is 2.38 bits per heavy atom. The normalized spacial score (nSPS) is 11.5. The number of halogens is 1. The SMILES string of the molecule is COC(=O)C(C)Oc1ccc(Oc2ccc(Cl)cc2[N+](=O)[O-])cc1. The molecule has 0 aliphatic heterocycles. The van der Waals surface area contributed by atoms with Crippen molar-refractivity contribution in [3.8, 4) is 17.2 Å². The molecule has 0 fully saturated rings. The highest BCUT2D eigenvalue weighted by molar-refractivity contribution is 6.30. The number of rotatable bonds is 6. The third-order valence-electron chi connectivity index (χ3n) is 3.02. The Morgan fingerprint density at radius 1 is 1.17 bits per heavy atom. The molecule has 1 unspecified atom stereocenters. The maximum Gasteiger partial charge on any atom is 0.346 e. The Kier molecular flexibility index (Phi) is 5.59. The first kappa shape index (κ1) is 17.6. The zero-order chi connectivity index (χ0) is 17.7. The third kappa shape index (κ3) is 4.36. The average Bonchev–Trinajstić information content (AvgIpc) is 2.57. The molecule has 1 atom stereocenters. The number of hydrogen-bond donors (Lipinski definition) is 0. The number of ether oxygens (including phenoxy) is 3. The summed E-state index contributed by atoms with van der Waals surface area (Å²) < 4.78 is 15.5. The summed E-state index contributed by atoms with van der Waals surface area (Å²) in [5, 5.41) is 11.3. The lowest BCUT2D eigenvalue weighted by atomic mass is 10.3. The van der Waals surface area contributed by atoms with Gasteiger partial charge in [-0.05, 0) is 43.3 Å². The van der Waals surface area contributed by atoms with E-state index in [9.17, 15) is 14.9 Å². The van der Waals surface area contributed by atoms with Gasteiger partial charge in [0, 0.05) is 11.1 Å². The molecule has 0 bridgehead atoms. The maximum atomic E-state index is 11.3. The predicted molar refractivity (Wildman–Crippen MR) is 86.7 cm³/mol. The molecule has 0 aromatic heterocycles. The highest BCUT2D eigenvalue weighted by Gasteiger charge is 2.17. The van der Waals surface area contributed by atoms with Gasteiger partial charge in [0.15, 0.2) is 6.10 Å². The van der Waals surface area contributed by atoms with Crippen LogP contribution in [0.4, 0.5) is 5.69 Å². The summed E-state index contributed by atoms with van der Waals surface area (Å²) in [4.78, 5) is 21.8. The molecule has 0 heterocycles. The van der Waals surface area contributed by atoms with E-state index in [1.165, 1.54) is 25.3 Å². The van der Waals surface area contributed by atoms with Gasteiger partial charge in [-0.2, -0.15) is 0 Å². The molecule has 8 heteroatoms. The van der Waals surface area contributed by atoms with Gasteiger partial charge in [-0.1, -0.05) is 11.6 Å². The first-order valence-electron chi connectivity index (χ1n) is 6.87. The fraction of sp³-hybridized carbons (Fsp3) is 0.188. The Bertz CT molecular complexity index is 747. The number of nitro benzene ring substituents is 1. The largest absolute Gasteiger partial charge is 0.479 e. The number of nitrogens with zero attached hydrogens (tertiary/aromatic N) is 1. The van der Waals surface area contributed by atoms with E-state index in [0.29, 0.717) is 11.5 Å². The summed E-state index contributed by atoms with van der Waals surface area (Å²) in [7, 11) is 1.28. The van der Waals surface area contributed by atoms with Gasteiger partial charge in [0.1, 0.15) is 11.5 Å². The molecular formula is C16H14ClNO6. The van der Waals surface area contributed by atoms with Crippen molar-refractivity contribution in [3.63, 3.8) is 0 Å². The van der Waals surface area contributed by atoms with Crippen LogP contribution in [-0.4, -0.2) is 24.1 Å². The first-order valence-corrected chi connectivity index (χ1v) is 7.25. The number of benzene rings is 2. The van der Waals surface area contributed by atoms with Crippen LogP contribution >= 0.6 is 11.6 Å². The fourth-order valence-electron chi connectivity index (χ4n) is 1.85. The van der Waals surface area contributed by atoms with Gasteiger partial charge >= 0.3 is 11.7 Å². The Balaban J connectivity index is 2.12. The summed E-state index contributed by atoms with van der Waals surface area (Å²) in [6.45, 7) is 1.56. The van der Waals surface area contributed by atoms with Crippen LogP contribution in [-0.2, 0) is 9.53 Å². The maximum absolute atomic E-state index is 11.3. The van der Waals surface area contributed by atoms with Crippen molar-refractivity contribution >= 4 is 23.3 Å². The first-order chi connectivity index (χ1) is 11.4. The van der Waals surface area contributed by atoms with E-state index in [1.807, 2.05) is 0 Å². The van der Waals surface area contributed by atoms with E-state index in [1.54, 1.807) is 31.2 Å². The van der Waals surface area contributed by atoms with E-state index in [4.69, 9.17) is 21.1 Å². The molecule has 0 aliphatic rings. The number of hydrogen-bond acceptors (Lipinski definition) is 6. The zero-order valence-electron chi connectivity index (χ0n) is 12.9. The topological polar surface area (TPSA) is 87.9 Å². The van der Waals surface area contributed by atoms with Crippen molar-refractivity contribution in [3.05, 3.63) is 57.6 Å². The summed E-state index contributed by atoms with van der Waals surface area (Å²) in [6.07, 6.45) is -0.751. The number of nitro groups is 1. The van der Waals surface area contributed by atoms with Crippen LogP contribution in [0.5, 0.6) is 17.2 Å². The minimum absolute atomic E-state index is 0.0704. The van der Waals surface area contributed by atoms with E-state index in [0.717, 1.165) is 0 Å². The van der Waals surface area contributed by atoms with Crippen LogP contribution in [0.15, 0.2) is 42.5 Å². The number of esters is 1. The van der Waals surface area contributed by atoms with Gasteiger partial charge in [-0.15, -0.1) is 0 Å². The smallest absolute Gasteiger partial charge is 0.346 e. The van der Waals surface area contributed by atoms with Crippen LogP contribution in [0, 0.1) is 10.1 Å². The molecule has 2 aromatic carbocycles. The molecule has 0 amide bonds. The van der Waals surface area contributed by atoms with Crippen molar-refractivity contribution in [2.24, 2.45) is 0 Å². The molecule has 0 aliphatic carbocycles. The van der Waals surface area contributed by atoms with Crippen LogP contribution in [0.3, 0.4) is 0 Å². The molecule has 0 radical (unpaired) electrons. The summed E-state index contributed by atoms with van der Waals surface area (Å²) >= 11 is 5.76. The second kappa shape index (κ2) is 7.65. The molecule has 0 N–H and O–H groups in total. The van der Waals surface area contributed by atoms with E-state index in [2.05, 4.69) is 4.74 Å². The van der Waals surface area contributed by atoms with Gasteiger partial charge in [0.05, 0.1) is 12.0 Å². The van der Waals surface area contributed by atoms with Gasteiger partial charge in [-0.3, -0.25) is 10.1 Å². The standard InChI is InChI=1S/C16H14ClNO6/c1-10(16(19)22-2)23-12-4-6-13(7-5-12)24-15-8-3-11(17)9-14(15)18(20)21/h3-10H,1-2H3.